The van der Waals surface area contributed by atoms with Crippen molar-refractivity contribution in [3.8, 4) is 22.6 Å². The molecular weight excluding hydrogens is 667 g/mol. The fraction of sp³-hybridized carbons (Fsp3) is 0.278. The summed E-state index contributed by atoms with van der Waals surface area (Å²) in [5.74, 6) is 1.73. The Morgan fingerprint density at radius 3 is 2.35 bits per heavy atom. The second-order valence-corrected chi connectivity index (χ2v) is 11.5. The number of hydrogen-bond donors (Lipinski definition) is 0. The first-order chi connectivity index (χ1) is 18.9. The minimum absolute atomic E-state index is 0. The average Bonchev–Trinajstić information content (AvgIpc) is 3.62. The molecule has 2 aromatic heterocycles. The topological polar surface area (TPSA) is 30.7 Å². The largest absolute Gasteiger partial charge is 0.355 e. The number of rotatable bonds is 3. The minimum atomic E-state index is -0.0882. The molecule has 1 aliphatic carbocycles. The van der Waals surface area contributed by atoms with E-state index in [1.807, 2.05) is 43.5 Å². The first-order valence-corrected chi connectivity index (χ1v) is 14.0. The second-order valence-electron chi connectivity index (χ2n) is 11.5. The van der Waals surface area contributed by atoms with Crippen LogP contribution in [0.2, 0.25) is 0 Å². The Hall–Kier alpha value is -3.33. The number of imidazole rings is 1. The summed E-state index contributed by atoms with van der Waals surface area (Å²) in [7, 11) is 0. The van der Waals surface area contributed by atoms with E-state index in [0.717, 1.165) is 28.2 Å². The molecule has 0 atom stereocenters. The quantitative estimate of drug-likeness (QED) is 0.176. The standard InChI is InChI=1S/C23H23N2.C13H12N.Ir/c1-23(2)15-14-19-18(16-8-6-7-9-16)12-13-20-21(19)25(23)22(24-20)17-10-4-3-5-11-17;1-10-3-6-12(7-4-10)13-8-5-11(2)9-14-13;/h3-5,10,12-16H,6-9H2,1-2H3;3-6,8-9H,1-2H3;/q2*-1;. The molecule has 205 valence electrons. The van der Waals surface area contributed by atoms with Crippen LogP contribution in [0.25, 0.3) is 39.8 Å². The second kappa shape index (κ2) is 11.6. The zero-order chi connectivity index (χ0) is 27.0. The van der Waals surface area contributed by atoms with Crippen LogP contribution < -0.4 is 0 Å². The van der Waals surface area contributed by atoms with Crippen molar-refractivity contribution in [2.24, 2.45) is 0 Å². The minimum Gasteiger partial charge on any atom is -0.355 e. The van der Waals surface area contributed by atoms with E-state index in [-0.39, 0.29) is 25.6 Å². The normalized spacial score (nSPS) is 15.4. The maximum absolute atomic E-state index is 5.01. The molecule has 1 saturated carbocycles. The van der Waals surface area contributed by atoms with Gasteiger partial charge in [-0.25, -0.2) is 0 Å². The Bertz CT molecular complexity index is 1580. The molecule has 1 fully saturated rings. The van der Waals surface area contributed by atoms with E-state index in [1.165, 1.54) is 53.5 Å². The summed E-state index contributed by atoms with van der Waals surface area (Å²) in [6.45, 7) is 8.63. The molecule has 0 amide bonds. The monoisotopic (exact) mass is 702 g/mol. The molecule has 4 heteroatoms. The molecule has 1 radical (unpaired) electrons. The number of aryl methyl sites for hydroxylation is 2. The van der Waals surface area contributed by atoms with Crippen molar-refractivity contribution in [2.45, 2.75) is 64.8 Å². The molecule has 40 heavy (non-hydrogen) atoms. The fourth-order valence-electron chi connectivity index (χ4n) is 5.90. The van der Waals surface area contributed by atoms with Crippen LogP contribution in [-0.2, 0) is 25.6 Å². The number of hydrogen-bond acceptors (Lipinski definition) is 2. The van der Waals surface area contributed by atoms with Crippen LogP contribution >= 0.6 is 0 Å². The molecule has 0 saturated heterocycles. The summed E-state index contributed by atoms with van der Waals surface area (Å²) in [5.41, 5.74) is 10.7. The van der Waals surface area contributed by atoms with Crippen LogP contribution in [0.3, 0.4) is 0 Å². The van der Waals surface area contributed by atoms with Gasteiger partial charge in [0.1, 0.15) is 0 Å². The van der Waals surface area contributed by atoms with Crippen molar-refractivity contribution in [2.75, 3.05) is 0 Å². The van der Waals surface area contributed by atoms with Crippen LogP contribution in [0.15, 0.2) is 79.0 Å². The summed E-state index contributed by atoms with van der Waals surface area (Å²) in [4.78, 5) is 9.36. The summed E-state index contributed by atoms with van der Waals surface area (Å²) in [5, 5.41) is 0. The zero-order valence-electron chi connectivity index (χ0n) is 23.7. The van der Waals surface area contributed by atoms with E-state index >= 15 is 0 Å². The molecule has 2 aliphatic rings. The molecule has 0 N–H and O–H groups in total. The Labute approximate surface area is 251 Å². The molecular formula is C36H35IrN3-2. The summed E-state index contributed by atoms with van der Waals surface area (Å²) >= 11 is 0. The Balaban J connectivity index is 0.000000184. The van der Waals surface area contributed by atoms with E-state index in [2.05, 4.69) is 91.0 Å². The van der Waals surface area contributed by atoms with Gasteiger partial charge in [0.25, 0.3) is 0 Å². The van der Waals surface area contributed by atoms with E-state index in [0.29, 0.717) is 5.92 Å². The summed E-state index contributed by atoms with van der Waals surface area (Å²) in [6.07, 6.45) is 11.9. The maximum atomic E-state index is 5.01. The zero-order valence-corrected chi connectivity index (χ0v) is 26.1. The van der Waals surface area contributed by atoms with Crippen LogP contribution in [0.1, 0.15) is 67.7 Å². The van der Waals surface area contributed by atoms with Gasteiger partial charge in [0.2, 0.25) is 0 Å². The van der Waals surface area contributed by atoms with Crippen molar-refractivity contribution in [1.29, 1.82) is 0 Å². The molecule has 1 aliphatic heterocycles. The summed E-state index contributed by atoms with van der Waals surface area (Å²) < 4.78 is 2.42. The Morgan fingerprint density at radius 1 is 0.875 bits per heavy atom. The Morgan fingerprint density at radius 2 is 1.68 bits per heavy atom. The van der Waals surface area contributed by atoms with Gasteiger partial charge in [0.15, 0.2) is 0 Å². The molecule has 0 bridgehead atoms. The van der Waals surface area contributed by atoms with Crippen molar-refractivity contribution < 1.29 is 20.1 Å². The van der Waals surface area contributed by atoms with Crippen LogP contribution in [-0.4, -0.2) is 14.5 Å². The van der Waals surface area contributed by atoms with Crippen molar-refractivity contribution in [3.63, 3.8) is 0 Å². The van der Waals surface area contributed by atoms with Gasteiger partial charge in [0.05, 0.1) is 22.4 Å². The predicted molar refractivity (Wildman–Crippen MR) is 162 cm³/mol. The number of aromatic nitrogens is 3. The van der Waals surface area contributed by atoms with Gasteiger partial charge < -0.3 is 9.55 Å². The van der Waals surface area contributed by atoms with E-state index < -0.39 is 0 Å². The third kappa shape index (κ3) is 5.48. The fourth-order valence-corrected chi connectivity index (χ4v) is 5.90. The van der Waals surface area contributed by atoms with Gasteiger partial charge in [-0.05, 0) is 62.4 Å². The molecule has 7 rings (SSSR count). The maximum Gasteiger partial charge on any atom is 0.0777 e. The number of benzene rings is 3. The number of nitrogens with zero attached hydrogens (tertiary/aromatic N) is 3. The van der Waals surface area contributed by atoms with E-state index in [4.69, 9.17) is 4.98 Å². The summed E-state index contributed by atoms with van der Waals surface area (Å²) in [6, 6.07) is 29.5. The number of pyridine rings is 1. The SMILES string of the molecule is CC1(C)C=Cc2c(C3CCCC3)ccc3nc(-c4[c-]cccc4)n1c23.Cc1c[c-]c(-c2ccc(C)cn2)cc1.[Ir]. The molecule has 3 heterocycles. The average molecular weight is 702 g/mol. The van der Waals surface area contributed by atoms with Crippen molar-refractivity contribution in [1.82, 2.24) is 14.5 Å². The first-order valence-electron chi connectivity index (χ1n) is 14.0. The van der Waals surface area contributed by atoms with Crippen LogP contribution in [0.4, 0.5) is 0 Å². The molecule has 3 nitrogen and oxygen atoms in total. The third-order valence-corrected chi connectivity index (χ3v) is 8.03. The van der Waals surface area contributed by atoms with Gasteiger partial charge in [-0.3, -0.25) is 4.98 Å². The third-order valence-electron chi connectivity index (χ3n) is 8.03. The predicted octanol–water partition coefficient (Wildman–Crippen LogP) is 9.09. The molecule has 0 unspecified atom stereocenters. The van der Waals surface area contributed by atoms with Crippen molar-refractivity contribution in [3.05, 3.63) is 113 Å². The molecule has 5 aromatic rings. The van der Waals surface area contributed by atoms with Crippen LogP contribution in [0, 0.1) is 26.0 Å². The number of allylic oxidation sites excluding steroid dienone is 1. The van der Waals surface area contributed by atoms with Gasteiger partial charge in [-0.2, -0.15) is 0 Å². The molecule has 0 spiro atoms. The van der Waals surface area contributed by atoms with Crippen LogP contribution in [0.5, 0.6) is 0 Å². The molecule has 3 aromatic carbocycles. The van der Waals surface area contributed by atoms with Gasteiger partial charge >= 0.3 is 0 Å². The van der Waals surface area contributed by atoms with Gasteiger partial charge in [-0.1, -0.05) is 50.1 Å². The van der Waals surface area contributed by atoms with E-state index in [9.17, 15) is 0 Å². The Kier molecular flexibility index (Phi) is 8.21. The van der Waals surface area contributed by atoms with Gasteiger partial charge in [0, 0.05) is 31.9 Å². The smallest absolute Gasteiger partial charge is 0.0777 e. The van der Waals surface area contributed by atoms with E-state index in [1.54, 1.807) is 0 Å². The first kappa shape index (κ1) is 28.2. The van der Waals surface area contributed by atoms with Crippen molar-refractivity contribution >= 4 is 17.1 Å². The van der Waals surface area contributed by atoms with Gasteiger partial charge in [-0.15, -0.1) is 71.3 Å².